The zero-order valence-electron chi connectivity index (χ0n) is 18.6. The van der Waals surface area contributed by atoms with Crippen molar-refractivity contribution in [2.75, 3.05) is 7.11 Å². The predicted molar refractivity (Wildman–Crippen MR) is 118 cm³/mol. The van der Waals surface area contributed by atoms with E-state index in [1.54, 1.807) is 7.11 Å². The van der Waals surface area contributed by atoms with E-state index in [1.807, 2.05) is 13.0 Å². The molecule has 1 aromatic carbocycles. The van der Waals surface area contributed by atoms with Crippen LogP contribution in [0.2, 0.25) is 18.1 Å². The number of hydrogen-bond donors (Lipinski definition) is 0. The average molecular weight is 391 g/mol. The molecule has 1 aliphatic rings. The first-order valence-electron chi connectivity index (χ1n) is 10.4. The number of fused-ring (bicyclic) bond motifs is 1. The summed E-state index contributed by atoms with van der Waals surface area (Å²) >= 11 is 0. The fraction of sp³-hybridized carbons (Fsp3) is 0.652. The number of hydrogen-bond acceptors (Lipinski definition) is 3. The zero-order chi connectivity index (χ0) is 20.2. The molecular formula is C23H38O3Si. The van der Waals surface area contributed by atoms with Gasteiger partial charge in [0.1, 0.15) is 11.9 Å². The van der Waals surface area contributed by atoms with Gasteiger partial charge >= 0.3 is 0 Å². The molecule has 0 amide bonds. The molecule has 1 atom stereocenters. The van der Waals surface area contributed by atoms with Crippen LogP contribution in [0.15, 0.2) is 12.1 Å². The molecule has 0 spiro atoms. The minimum absolute atomic E-state index is 0.144. The van der Waals surface area contributed by atoms with E-state index in [2.05, 4.69) is 52.9 Å². The van der Waals surface area contributed by atoms with E-state index in [1.165, 1.54) is 24.8 Å². The maximum atomic E-state index is 6.70. The van der Waals surface area contributed by atoms with Crippen molar-refractivity contribution >= 4 is 14.4 Å². The fourth-order valence-corrected chi connectivity index (χ4v) is 4.26. The highest BCUT2D eigenvalue weighted by Crippen LogP contribution is 2.48. The average Bonchev–Trinajstić information content (AvgIpc) is 2.96. The first kappa shape index (κ1) is 21.9. The second kappa shape index (κ2) is 8.72. The highest BCUT2D eigenvalue weighted by atomic mass is 28.4. The van der Waals surface area contributed by atoms with Gasteiger partial charge in [0.2, 0.25) is 0 Å². The van der Waals surface area contributed by atoms with Gasteiger partial charge in [0.15, 0.2) is 11.5 Å². The third-order valence-corrected chi connectivity index (χ3v) is 10.2. The van der Waals surface area contributed by atoms with Crippen LogP contribution in [0.4, 0.5) is 0 Å². The van der Waals surface area contributed by atoms with Gasteiger partial charge < -0.3 is 13.9 Å². The molecule has 0 bridgehead atoms. The van der Waals surface area contributed by atoms with Crippen LogP contribution < -0.4 is 13.9 Å². The lowest BCUT2D eigenvalue weighted by Crippen LogP contribution is -2.44. The van der Waals surface area contributed by atoms with E-state index in [4.69, 9.17) is 13.9 Å². The molecule has 3 nitrogen and oxygen atoms in total. The summed E-state index contributed by atoms with van der Waals surface area (Å²) in [4.78, 5) is 0. The summed E-state index contributed by atoms with van der Waals surface area (Å²) in [5.74, 6) is 2.67. The lowest BCUT2D eigenvalue weighted by molar-refractivity contribution is 0.209. The maximum Gasteiger partial charge on any atom is 0.250 e. The third kappa shape index (κ3) is 4.90. The second-order valence-electron chi connectivity index (χ2n) is 9.11. The summed E-state index contributed by atoms with van der Waals surface area (Å²) < 4.78 is 18.8. The Morgan fingerprint density at radius 3 is 2.52 bits per heavy atom. The molecule has 0 aliphatic carbocycles. The Labute approximate surface area is 167 Å². The van der Waals surface area contributed by atoms with E-state index in [0.717, 1.165) is 35.7 Å². The maximum absolute atomic E-state index is 6.70. The summed E-state index contributed by atoms with van der Waals surface area (Å²) in [5.41, 5.74) is 2.22. The van der Waals surface area contributed by atoms with Crippen molar-refractivity contribution in [1.82, 2.24) is 0 Å². The third-order valence-electron chi connectivity index (χ3n) is 5.88. The van der Waals surface area contributed by atoms with Crippen molar-refractivity contribution < 1.29 is 13.9 Å². The standard InChI is InChI=1S/C23H38O3Si/c1-9-11-12-14-18-15-17-16-20(26-27(7,8)23(3,4)5)19(13-10-2)22(24-6)21(17)25-18/h10,13,16,18H,9,11-12,14-15H2,1-8H3. The first-order valence-corrected chi connectivity index (χ1v) is 13.3. The highest BCUT2D eigenvalue weighted by Gasteiger charge is 2.40. The molecule has 2 rings (SSSR count). The highest BCUT2D eigenvalue weighted by molar-refractivity contribution is 6.74. The van der Waals surface area contributed by atoms with E-state index in [0.29, 0.717) is 0 Å². The van der Waals surface area contributed by atoms with Crippen molar-refractivity contribution in [2.45, 2.75) is 91.0 Å². The minimum Gasteiger partial charge on any atom is -0.543 e. The lowest BCUT2D eigenvalue weighted by Gasteiger charge is -2.37. The van der Waals surface area contributed by atoms with Crippen LogP contribution >= 0.6 is 0 Å². The molecule has 0 saturated heterocycles. The molecule has 0 aromatic heterocycles. The molecule has 0 fully saturated rings. The molecule has 1 aliphatic heterocycles. The molecular weight excluding hydrogens is 352 g/mol. The zero-order valence-corrected chi connectivity index (χ0v) is 19.6. The number of rotatable bonds is 8. The Bertz CT molecular complexity index is 671. The molecule has 4 heteroatoms. The Kier molecular flexibility index (Phi) is 7.07. The molecule has 1 heterocycles. The second-order valence-corrected chi connectivity index (χ2v) is 13.8. The van der Waals surface area contributed by atoms with Crippen molar-refractivity contribution in [2.24, 2.45) is 0 Å². The lowest BCUT2D eigenvalue weighted by atomic mass is 10.0. The monoisotopic (exact) mass is 390 g/mol. The van der Waals surface area contributed by atoms with Crippen LogP contribution in [-0.2, 0) is 6.42 Å². The molecule has 0 N–H and O–H groups in total. The Morgan fingerprint density at radius 2 is 1.96 bits per heavy atom. The minimum atomic E-state index is -1.95. The van der Waals surface area contributed by atoms with Crippen molar-refractivity contribution in [3.63, 3.8) is 0 Å². The number of benzene rings is 1. The summed E-state index contributed by atoms with van der Waals surface area (Å²) in [7, 11) is -0.219. The van der Waals surface area contributed by atoms with Crippen molar-refractivity contribution in [3.8, 4) is 17.2 Å². The SMILES string of the molecule is CC=Cc1c(O[Si](C)(C)C(C)(C)C)cc2c(c1OC)OC(CCCCC)C2. The summed E-state index contributed by atoms with van der Waals surface area (Å²) in [6, 6.07) is 2.20. The molecule has 0 saturated carbocycles. The summed E-state index contributed by atoms with van der Waals surface area (Å²) in [6.45, 7) is 15.6. The Morgan fingerprint density at radius 1 is 1.26 bits per heavy atom. The van der Waals surface area contributed by atoms with Crippen molar-refractivity contribution in [1.29, 1.82) is 0 Å². The van der Waals surface area contributed by atoms with E-state index in [-0.39, 0.29) is 11.1 Å². The number of allylic oxidation sites excluding steroid dienone is 1. The van der Waals surface area contributed by atoms with Gasteiger partial charge in [-0.1, -0.05) is 52.7 Å². The van der Waals surface area contributed by atoms with Gasteiger partial charge in [-0.2, -0.15) is 0 Å². The topological polar surface area (TPSA) is 27.7 Å². The van der Waals surface area contributed by atoms with Crippen LogP contribution in [0.25, 0.3) is 6.08 Å². The number of methoxy groups -OCH3 is 1. The van der Waals surface area contributed by atoms with E-state index in [9.17, 15) is 0 Å². The van der Waals surface area contributed by atoms with Gasteiger partial charge in [-0.3, -0.25) is 0 Å². The van der Waals surface area contributed by atoms with Crippen LogP contribution in [-0.4, -0.2) is 21.5 Å². The van der Waals surface area contributed by atoms with Gasteiger partial charge in [0, 0.05) is 12.0 Å². The number of unbranched alkanes of at least 4 members (excludes halogenated alkanes) is 2. The molecule has 27 heavy (non-hydrogen) atoms. The van der Waals surface area contributed by atoms with E-state index < -0.39 is 8.32 Å². The van der Waals surface area contributed by atoms with Gasteiger partial charge in [-0.15, -0.1) is 0 Å². The normalized spacial score (nSPS) is 17.1. The quantitative estimate of drug-likeness (QED) is 0.353. The van der Waals surface area contributed by atoms with Gasteiger partial charge in [0.05, 0.1) is 12.7 Å². The number of ether oxygens (including phenoxy) is 2. The first-order chi connectivity index (χ1) is 12.6. The fourth-order valence-electron chi connectivity index (χ4n) is 3.24. The predicted octanol–water partition coefficient (Wildman–Crippen LogP) is 7.00. The summed E-state index contributed by atoms with van der Waals surface area (Å²) in [5, 5.41) is 0.144. The van der Waals surface area contributed by atoms with Crippen LogP contribution in [0.1, 0.15) is 71.4 Å². The van der Waals surface area contributed by atoms with Gasteiger partial charge in [-0.05, 0) is 44.0 Å². The molecule has 152 valence electrons. The largest absolute Gasteiger partial charge is 0.543 e. The van der Waals surface area contributed by atoms with Crippen LogP contribution in [0, 0.1) is 0 Å². The summed E-state index contributed by atoms with van der Waals surface area (Å²) in [6.07, 6.45) is 10.1. The molecule has 0 radical (unpaired) electrons. The van der Waals surface area contributed by atoms with E-state index >= 15 is 0 Å². The van der Waals surface area contributed by atoms with Gasteiger partial charge in [0.25, 0.3) is 8.32 Å². The van der Waals surface area contributed by atoms with Crippen LogP contribution in [0.5, 0.6) is 17.2 Å². The molecule has 1 unspecified atom stereocenters. The Balaban J connectivity index is 2.41. The van der Waals surface area contributed by atoms with Crippen molar-refractivity contribution in [3.05, 3.63) is 23.3 Å². The van der Waals surface area contributed by atoms with Crippen LogP contribution in [0.3, 0.4) is 0 Å². The van der Waals surface area contributed by atoms with Gasteiger partial charge in [-0.25, -0.2) is 0 Å². The Hall–Kier alpha value is -1.42. The smallest absolute Gasteiger partial charge is 0.250 e. The molecule has 1 aromatic rings.